The Morgan fingerprint density at radius 3 is 0.472 bits per heavy atom. The second kappa shape index (κ2) is 47.8. The van der Waals surface area contributed by atoms with Gasteiger partial charge in [-0.15, -0.1) is 0 Å². The second-order valence-electron chi connectivity index (χ2n) is 15.5. The van der Waals surface area contributed by atoms with Gasteiger partial charge in [0.2, 0.25) is 0 Å². The third-order valence-electron chi connectivity index (χ3n) is 10.3. The first kappa shape index (κ1) is 54.5. The van der Waals surface area contributed by atoms with Crippen molar-refractivity contribution >= 4 is 59.6 Å². The highest BCUT2D eigenvalue weighted by Crippen LogP contribution is 2.20. The van der Waals surface area contributed by atoms with Gasteiger partial charge in [-0.3, -0.25) is 0 Å². The molecule has 0 heterocycles. The van der Waals surface area contributed by atoms with Gasteiger partial charge < -0.3 is 17.7 Å². The van der Waals surface area contributed by atoms with Crippen LogP contribution >= 0.6 is 50.5 Å². The van der Waals surface area contributed by atoms with Crippen molar-refractivity contribution in [1.29, 1.82) is 0 Å². The van der Waals surface area contributed by atoms with Gasteiger partial charge in [0, 0.05) is 26.4 Å². The molecule has 0 aromatic heterocycles. The van der Waals surface area contributed by atoms with Crippen LogP contribution in [0.15, 0.2) is 0 Å². The molecule has 4 nitrogen and oxygen atoms in total. The van der Waals surface area contributed by atoms with E-state index in [0.29, 0.717) is 26.4 Å². The molecule has 320 valence electrons. The van der Waals surface area contributed by atoms with Crippen molar-refractivity contribution in [1.82, 2.24) is 0 Å². The molecule has 0 aliphatic carbocycles. The summed E-state index contributed by atoms with van der Waals surface area (Å²) in [4.78, 5) is 0. The van der Waals surface area contributed by atoms with Gasteiger partial charge in [0.05, 0.1) is 0 Å². The summed E-state index contributed by atoms with van der Waals surface area (Å²) >= 11 is 17.4. The Bertz CT molecular complexity index is 557. The Morgan fingerprint density at radius 2 is 0.321 bits per heavy atom. The van der Waals surface area contributed by atoms with E-state index in [2.05, 4.69) is 50.5 Å². The minimum atomic E-state index is -3.20. The Hall–Kier alpha value is 1.46. The third kappa shape index (κ3) is 42.9. The molecule has 0 fully saturated rings. The van der Waals surface area contributed by atoms with Crippen LogP contribution in [0.4, 0.5) is 0 Å². The van der Waals surface area contributed by atoms with Crippen molar-refractivity contribution in [3.8, 4) is 0 Å². The predicted octanol–water partition coefficient (Wildman–Crippen LogP) is 15.3. The molecule has 0 aliphatic heterocycles. The van der Waals surface area contributed by atoms with E-state index in [4.69, 9.17) is 17.7 Å². The minimum Gasteiger partial charge on any atom is -0.351 e. The smallest absolute Gasteiger partial charge is 0.351 e. The Labute approximate surface area is 355 Å². The molecular weight excluding hydrogens is 749 g/mol. The average Bonchev–Trinajstić information content (AvgIpc) is 3.17. The molecule has 9 heteroatoms. The van der Waals surface area contributed by atoms with Crippen LogP contribution in [0.5, 0.6) is 0 Å². The summed E-state index contributed by atoms with van der Waals surface area (Å²) in [7, 11) is -3.20. The molecule has 0 amide bonds. The highest BCUT2D eigenvalue weighted by molar-refractivity contribution is 7.80. The summed E-state index contributed by atoms with van der Waals surface area (Å²) in [6.45, 7) is 2.73. The molecule has 0 N–H and O–H groups in total. The fraction of sp³-hybridized carbons (Fsp3) is 1.00. The Kier molecular flexibility index (Phi) is 49.1. The average molecular weight is 842 g/mol. The van der Waals surface area contributed by atoms with Crippen LogP contribution in [0.25, 0.3) is 0 Å². The predicted molar refractivity (Wildman–Crippen MR) is 251 cm³/mol. The molecule has 0 radical (unpaired) electrons. The number of rotatable bonds is 48. The zero-order chi connectivity index (χ0) is 38.4. The maximum Gasteiger partial charge on any atom is 0.679 e. The molecule has 0 aromatic carbocycles. The first-order valence-electron chi connectivity index (χ1n) is 23.2. The number of thiol groups is 4. The normalized spacial score (nSPS) is 12.0. The van der Waals surface area contributed by atoms with Crippen LogP contribution in [0.3, 0.4) is 0 Å². The summed E-state index contributed by atoms with van der Waals surface area (Å²) in [6.07, 6.45) is 46.1. The lowest BCUT2D eigenvalue weighted by Gasteiger charge is -2.28. The Balaban J connectivity index is 4.89. The molecule has 0 aromatic rings. The van der Waals surface area contributed by atoms with E-state index in [-0.39, 0.29) is 0 Å². The SMILES string of the molecule is SCCCCCCCCCCCO[Si](OCCCCCCCCCCCS)(OCCCCCCCCCCCS)OCCCCCCCCCCCS. The van der Waals surface area contributed by atoms with Gasteiger partial charge in [0.25, 0.3) is 0 Å². The van der Waals surface area contributed by atoms with E-state index >= 15 is 0 Å². The third-order valence-corrected chi connectivity index (χ3v) is 13.8. The van der Waals surface area contributed by atoms with Crippen LogP contribution in [0.1, 0.15) is 231 Å². The first-order chi connectivity index (χ1) is 26.2. The van der Waals surface area contributed by atoms with Gasteiger partial charge in [-0.05, 0) is 74.4 Å². The highest BCUT2D eigenvalue weighted by atomic mass is 32.1. The topological polar surface area (TPSA) is 36.9 Å². The zero-order valence-corrected chi connectivity index (χ0v) is 39.6. The summed E-state index contributed by atoms with van der Waals surface area (Å²) in [5.41, 5.74) is 0. The fourth-order valence-electron chi connectivity index (χ4n) is 6.84. The van der Waals surface area contributed by atoms with Gasteiger partial charge in [-0.2, -0.15) is 50.5 Å². The Morgan fingerprint density at radius 1 is 0.189 bits per heavy atom. The van der Waals surface area contributed by atoms with Crippen molar-refractivity contribution < 1.29 is 17.7 Å². The molecule has 0 bridgehead atoms. The maximum absolute atomic E-state index is 6.63. The monoisotopic (exact) mass is 841 g/mol. The van der Waals surface area contributed by atoms with Gasteiger partial charge in [-0.1, -0.05) is 180 Å². The fourth-order valence-corrected chi connectivity index (χ4v) is 9.82. The van der Waals surface area contributed by atoms with Crippen molar-refractivity contribution in [3.05, 3.63) is 0 Å². The van der Waals surface area contributed by atoms with Crippen molar-refractivity contribution in [3.63, 3.8) is 0 Å². The van der Waals surface area contributed by atoms with E-state index in [0.717, 1.165) is 48.7 Å². The lowest BCUT2D eigenvalue weighted by molar-refractivity contribution is -0.0375. The summed E-state index contributed by atoms with van der Waals surface area (Å²) in [5.74, 6) is 4.09. The highest BCUT2D eigenvalue weighted by Gasteiger charge is 2.45. The molecule has 0 atom stereocenters. The molecule has 0 rings (SSSR count). The molecule has 0 saturated carbocycles. The van der Waals surface area contributed by atoms with Gasteiger partial charge in [0.15, 0.2) is 0 Å². The standard InChI is InChI=1S/C44H92O4S4Si/c49-41-33-25-17-9-1-5-13-21-29-37-45-53(46-38-30-22-14-6-2-10-18-26-34-42-50,47-39-31-23-15-7-3-11-19-27-35-43-51)48-40-32-24-16-8-4-12-20-28-36-44-52/h49-52H,1-44H2. The summed E-state index contributed by atoms with van der Waals surface area (Å²) in [5, 5.41) is 0. The zero-order valence-electron chi connectivity index (χ0n) is 35.0. The van der Waals surface area contributed by atoms with Gasteiger partial charge >= 0.3 is 9.05 Å². The number of hydrogen-bond donors (Lipinski definition) is 4. The van der Waals surface area contributed by atoms with Crippen LogP contribution in [-0.2, 0) is 17.7 Å². The lowest BCUT2D eigenvalue weighted by atomic mass is 10.1. The molecule has 0 unspecified atom stereocenters. The van der Waals surface area contributed by atoms with Crippen LogP contribution in [0, 0.1) is 0 Å². The summed E-state index contributed by atoms with van der Waals surface area (Å²) < 4.78 is 26.5. The van der Waals surface area contributed by atoms with Gasteiger partial charge in [0.1, 0.15) is 0 Å². The van der Waals surface area contributed by atoms with E-state index in [1.54, 1.807) is 0 Å². The van der Waals surface area contributed by atoms with Crippen molar-refractivity contribution in [2.24, 2.45) is 0 Å². The van der Waals surface area contributed by atoms with Crippen molar-refractivity contribution in [2.75, 3.05) is 49.4 Å². The van der Waals surface area contributed by atoms with Crippen LogP contribution in [0.2, 0.25) is 0 Å². The lowest BCUT2D eigenvalue weighted by Crippen LogP contribution is -2.50. The van der Waals surface area contributed by atoms with E-state index < -0.39 is 9.05 Å². The second-order valence-corrected chi connectivity index (χ2v) is 19.5. The van der Waals surface area contributed by atoms with Crippen molar-refractivity contribution in [2.45, 2.75) is 231 Å². The molecule has 0 spiro atoms. The summed E-state index contributed by atoms with van der Waals surface area (Å²) in [6, 6.07) is 0. The number of unbranched alkanes of at least 4 members (excludes halogenated alkanes) is 32. The molecule has 0 saturated heterocycles. The quantitative estimate of drug-likeness (QED) is 0.0280. The maximum atomic E-state index is 6.63. The molecular formula is C44H92O4S4Si. The van der Waals surface area contributed by atoms with Crippen LogP contribution in [-0.4, -0.2) is 58.5 Å². The minimum absolute atomic E-state index is 0.682. The van der Waals surface area contributed by atoms with E-state index in [1.807, 2.05) is 0 Å². The van der Waals surface area contributed by atoms with E-state index in [1.165, 1.54) is 205 Å². The van der Waals surface area contributed by atoms with Gasteiger partial charge in [-0.25, -0.2) is 0 Å². The largest absolute Gasteiger partial charge is 0.679 e. The molecule has 53 heavy (non-hydrogen) atoms. The molecule has 0 aliphatic rings. The number of hydrogen-bond acceptors (Lipinski definition) is 8. The van der Waals surface area contributed by atoms with Crippen LogP contribution < -0.4 is 0 Å². The first-order valence-corrected chi connectivity index (χ1v) is 27.4. The van der Waals surface area contributed by atoms with E-state index in [9.17, 15) is 0 Å².